The molecule has 7 nitrogen and oxygen atoms in total. The number of amides is 1. The number of hydrazone groups is 1. The van der Waals surface area contributed by atoms with E-state index in [2.05, 4.69) is 15.1 Å². The van der Waals surface area contributed by atoms with Crippen LogP contribution in [-0.2, 0) is 0 Å². The molecule has 9 heteroatoms. The number of carbonyl (C=O) groups excluding carboxylic acids is 1. The molecule has 34 heavy (non-hydrogen) atoms. The van der Waals surface area contributed by atoms with Crippen molar-refractivity contribution in [2.75, 3.05) is 18.7 Å². The van der Waals surface area contributed by atoms with Gasteiger partial charge in [-0.25, -0.2) is 9.97 Å². The van der Waals surface area contributed by atoms with E-state index in [-0.39, 0.29) is 5.91 Å². The number of methoxy groups -OCH3 is 1. The highest BCUT2D eigenvalue weighted by molar-refractivity contribution is 7.22. The zero-order chi connectivity index (χ0) is 23.5. The minimum atomic E-state index is -0.275. The molecule has 0 saturated heterocycles. The van der Waals surface area contributed by atoms with Gasteiger partial charge < -0.3 is 9.47 Å². The number of rotatable bonds is 7. The van der Waals surface area contributed by atoms with Gasteiger partial charge in [-0.3, -0.25) is 4.79 Å². The van der Waals surface area contributed by atoms with Crippen LogP contribution in [0, 0.1) is 0 Å². The fourth-order valence-electron chi connectivity index (χ4n) is 3.35. The maximum atomic E-state index is 13.6. The van der Waals surface area contributed by atoms with Gasteiger partial charge in [0.25, 0.3) is 5.91 Å². The predicted octanol–water partition coefficient (Wildman–Crippen LogP) is 5.99. The summed E-state index contributed by atoms with van der Waals surface area (Å²) in [6.07, 6.45) is 1.64. The molecule has 2 heterocycles. The molecule has 5 aromatic rings. The molecule has 0 radical (unpaired) electrons. The normalized spacial score (nSPS) is 11.4. The van der Waals surface area contributed by atoms with Crippen molar-refractivity contribution >= 4 is 60.4 Å². The standard InChI is InChI=1S/C25H20N4O3S2/c1-3-32-18-7-4-16(5-8-18)14-27-29(24(30)17-6-10-20-22(12-17)33-15-26-20)25-28-21-11-9-19(31-2)13-23(21)34-25/h4-15H,3H2,1-2H3/b27-14+. The minimum absolute atomic E-state index is 0.275. The lowest BCUT2D eigenvalue weighted by atomic mass is 10.2. The summed E-state index contributed by atoms with van der Waals surface area (Å²) in [4.78, 5) is 22.5. The Hall–Kier alpha value is -3.82. The molecule has 0 bridgehead atoms. The van der Waals surface area contributed by atoms with Crippen LogP contribution in [0.3, 0.4) is 0 Å². The summed E-state index contributed by atoms with van der Waals surface area (Å²) >= 11 is 2.87. The SMILES string of the molecule is CCOc1ccc(/C=N/N(C(=O)c2ccc3ncsc3c2)c2nc3ccc(OC)cc3s2)cc1. The third-order valence-electron chi connectivity index (χ3n) is 5.05. The number of fused-ring (bicyclic) bond motifs is 2. The number of thiazole rings is 2. The second kappa shape index (κ2) is 9.58. The summed E-state index contributed by atoms with van der Waals surface area (Å²) in [5.41, 5.74) is 4.74. The third kappa shape index (κ3) is 4.48. The van der Waals surface area contributed by atoms with E-state index in [1.807, 2.05) is 61.5 Å². The van der Waals surface area contributed by atoms with Crippen LogP contribution >= 0.6 is 22.7 Å². The number of aromatic nitrogens is 2. The quantitative estimate of drug-likeness (QED) is 0.208. The molecule has 0 fully saturated rings. The van der Waals surface area contributed by atoms with Crippen molar-refractivity contribution in [2.24, 2.45) is 5.10 Å². The molecule has 2 aromatic heterocycles. The van der Waals surface area contributed by atoms with Crippen molar-refractivity contribution in [3.63, 3.8) is 0 Å². The lowest BCUT2D eigenvalue weighted by Crippen LogP contribution is -2.25. The van der Waals surface area contributed by atoms with Gasteiger partial charge >= 0.3 is 0 Å². The Morgan fingerprint density at radius 2 is 1.82 bits per heavy atom. The van der Waals surface area contributed by atoms with Gasteiger partial charge in [-0.1, -0.05) is 11.3 Å². The maximum Gasteiger partial charge on any atom is 0.280 e. The Balaban J connectivity index is 1.53. The first kappa shape index (κ1) is 22.0. The molecule has 1 amide bonds. The van der Waals surface area contributed by atoms with Crippen LogP contribution < -0.4 is 14.5 Å². The molecule has 0 atom stereocenters. The lowest BCUT2D eigenvalue weighted by Gasteiger charge is -2.14. The van der Waals surface area contributed by atoms with Crippen LogP contribution in [0.2, 0.25) is 0 Å². The monoisotopic (exact) mass is 488 g/mol. The third-order valence-corrected chi connectivity index (χ3v) is 6.83. The van der Waals surface area contributed by atoms with Crippen LogP contribution in [0.5, 0.6) is 11.5 Å². The van der Waals surface area contributed by atoms with Crippen LogP contribution in [0.1, 0.15) is 22.8 Å². The second-order valence-corrected chi connectivity index (χ2v) is 9.12. The van der Waals surface area contributed by atoms with Gasteiger partial charge in [0, 0.05) is 5.56 Å². The van der Waals surface area contributed by atoms with E-state index in [1.54, 1.807) is 24.9 Å². The van der Waals surface area contributed by atoms with Crippen LogP contribution in [0.25, 0.3) is 20.4 Å². The van der Waals surface area contributed by atoms with Gasteiger partial charge in [-0.2, -0.15) is 10.1 Å². The zero-order valence-corrected chi connectivity index (χ0v) is 20.1. The molecule has 0 spiro atoms. The Morgan fingerprint density at radius 3 is 2.62 bits per heavy atom. The molecule has 0 unspecified atom stereocenters. The fourth-order valence-corrected chi connectivity index (χ4v) is 5.02. The summed E-state index contributed by atoms with van der Waals surface area (Å²) in [6.45, 7) is 2.54. The summed E-state index contributed by atoms with van der Waals surface area (Å²) in [5.74, 6) is 1.24. The second-order valence-electron chi connectivity index (χ2n) is 7.23. The number of ether oxygens (including phenoxy) is 2. The number of anilines is 1. The Kier molecular flexibility index (Phi) is 6.20. The highest BCUT2D eigenvalue weighted by atomic mass is 32.1. The lowest BCUT2D eigenvalue weighted by molar-refractivity contribution is 0.0988. The van der Waals surface area contributed by atoms with Crippen LogP contribution in [0.4, 0.5) is 5.13 Å². The Labute approximate surface area is 203 Å². The molecular formula is C25H20N4O3S2. The van der Waals surface area contributed by atoms with E-state index in [0.717, 1.165) is 37.5 Å². The molecular weight excluding hydrogens is 468 g/mol. The number of hydrogen-bond donors (Lipinski definition) is 0. The number of hydrogen-bond acceptors (Lipinski definition) is 8. The topological polar surface area (TPSA) is 76.9 Å². The average Bonchev–Trinajstić information content (AvgIpc) is 3.51. The smallest absolute Gasteiger partial charge is 0.280 e. The zero-order valence-electron chi connectivity index (χ0n) is 18.5. The fraction of sp³-hybridized carbons (Fsp3) is 0.120. The van der Waals surface area contributed by atoms with Crippen molar-refractivity contribution in [3.8, 4) is 11.5 Å². The molecule has 170 valence electrons. The van der Waals surface area contributed by atoms with E-state index in [1.165, 1.54) is 27.7 Å². The average molecular weight is 489 g/mol. The number of benzene rings is 3. The van der Waals surface area contributed by atoms with Crippen molar-refractivity contribution in [1.29, 1.82) is 0 Å². The summed E-state index contributed by atoms with van der Waals surface area (Å²) in [5, 5.41) is 6.36. The van der Waals surface area contributed by atoms with E-state index in [4.69, 9.17) is 9.47 Å². The van der Waals surface area contributed by atoms with Crippen molar-refractivity contribution in [1.82, 2.24) is 9.97 Å². The van der Waals surface area contributed by atoms with E-state index in [9.17, 15) is 4.79 Å². The van der Waals surface area contributed by atoms with Crippen molar-refractivity contribution in [3.05, 3.63) is 77.3 Å². The summed E-state index contributed by atoms with van der Waals surface area (Å²) < 4.78 is 12.7. The van der Waals surface area contributed by atoms with E-state index < -0.39 is 0 Å². The predicted molar refractivity (Wildman–Crippen MR) is 138 cm³/mol. The Bertz CT molecular complexity index is 1490. The molecule has 3 aromatic carbocycles. The van der Waals surface area contributed by atoms with Gasteiger partial charge in [-0.05, 0) is 73.2 Å². The highest BCUT2D eigenvalue weighted by Gasteiger charge is 2.22. The van der Waals surface area contributed by atoms with E-state index >= 15 is 0 Å². The van der Waals surface area contributed by atoms with Gasteiger partial charge in [0.1, 0.15) is 11.5 Å². The maximum absolute atomic E-state index is 13.6. The van der Waals surface area contributed by atoms with Crippen molar-refractivity contribution in [2.45, 2.75) is 6.92 Å². The molecule has 0 N–H and O–H groups in total. The summed E-state index contributed by atoms with van der Waals surface area (Å²) in [6, 6.07) is 18.6. The first-order chi connectivity index (χ1) is 16.6. The molecule has 0 saturated carbocycles. The van der Waals surface area contributed by atoms with Gasteiger partial charge in [0.15, 0.2) is 0 Å². The van der Waals surface area contributed by atoms with Gasteiger partial charge in [0.05, 0.1) is 45.9 Å². The molecule has 0 aliphatic rings. The highest BCUT2D eigenvalue weighted by Crippen LogP contribution is 2.33. The van der Waals surface area contributed by atoms with Crippen LogP contribution in [0.15, 0.2) is 71.3 Å². The molecule has 0 aliphatic heterocycles. The minimum Gasteiger partial charge on any atom is -0.497 e. The molecule has 0 aliphatic carbocycles. The van der Waals surface area contributed by atoms with Crippen molar-refractivity contribution < 1.29 is 14.3 Å². The van der Waals surface area contributed by atoms with Gasteiger partial charge in [0.2, 0.25) is 5.13 Å². The first-order valence-electron chi connectivity index (χ1n) is 10.5. The first-order valence-corrected chi connectivity index (χ1v) is 12.2. The summed E-state index contributed by atoms with van der Waals surface area (Å²) in [7, 11) is 1.62. The largest absolute Gasteiger partial charge is 0.497 e. The van der Waals surface area contributed by atoms with E-state index in [0.29, 0.717) is 17.3 Å². The molecule has 5 rings (SSSR count). The number of nitrogens with zero attached hydrogens (tertiary/aromatic N) is 4. The number of carbonyl (C=O) groups is 1. The van der Waals surface area contributed by atoms with Gasteiger partial charge in [-0.15, -0.1) is 11.3 Å². The Morgan fingerprint density at radius 1 is 1.03 bits per heavy atom. The van der Waals surface area contributed by atoms with Crippen LogP contribution in [-0.4, -0.2) is 35.8 Å².